The van der Waals surface area contributed by atoms with Crippen LogP contribution in [0, 0.1) is 5.41 Å². The van der Waals surface area contributed by atoms with Crippen LogP contribution in [0.4, 0.5) is 0 Å². The summed E-state index contributed by atoms with van der Waals surface area (Å²) >= 11 is 1.77. The van der Waals surface area contributed by atoms with Crippen molar-refractivity contribution in [1.29, 1.82) is 0 Å². The second kappa shape index (κ2) is 6.37. The van der Waals surface area contributed by atoms with Gasteiger partial charge < -0.3 is 9.88 Å². The summed E-state index contributed by atoms with van der Waals surface area (Å²) in [4.78, 5) is 15.0. The second-order valence-corrected chi connectivity index (χ2v) is 8.18. The summed E-state index contributed by atoms with van der Waals surface area (Å²) in [6, 6.07) is 4.47. The third kappa shape index (κ3) is 3.03. The van der Waals surface area contributed by atoms with Crippen LogP contribution in [-0.2, 0) is 13.6 Å². The van der Waals surface area contributed by atoms with Crippen LogP contribution in [0.15, 0.2) is 35.3 Å². The summed E-state index contributed by atoms with van der Waals surface area (Å²) in [6.07, 6.45) is 8.62. The maximum Gasteiger partial charge on any atom is 0.253 e. The molecular weight excluding hydrogens is 318 g/mol. The van der Waals surface area contributed by atoms with E-state index in [0.717, 1.165) is 31.6 Å². The van der Waals surface area contributed by atoms with E-state index < -0.39 is 0 Å². The smallest absolute Gasteiger partial charge is 0.253 e. The van der Waals surface area contributed by atoms with Gasteiger partial charge in [-0.2, -0.15) is 11.3 Å². The molecule has 0 bridgehead atoms. The number of thiophene rings is 1. The average Bonchev–Trinajstić information content (AvgIpc) is 3.24. The van der Waals surface area contributed by atoms with Gasteiger partial charge >= 0.3 is 0 Å². The molecule has 1 saturated heterocycles. The van der Waals surface area contributed by atoms with Gasteiger partial charge in [-0.05, 0) is 72.6 Å². The number of carbonyl (C=O) groups excluding carboxylic acids is 1. The first-order valence-corrected chi connectivity index (χ1v) is 9.75. The monoisotopic (exact) mass is 343 g/mol. The van der Waals surface area contributed by atoms with Crippen molar-refractivity contribution < 1.29 is 4.79 Å². The lowest BCUT2D eigenvalue weighted by atomic mass is 9.59. The summed E-state index contributed by atoms with van der Waals surface area (Å²) in [5.74, 6) is 0.0837. The molecule has 0 radical (unpaired) electrons. The van der Waals surface area contributed by atoms with Gasteiger partial charge in [-0.3, -0.25) is 9.69 Å². The Hall–Kier alpha value is -1.59. The molecule has 3 heterocycles. The predicted molar refractivity (Wildman–Crippen MR) is 97.2 cm³/mol. The summed E-state index contributed by atoms with van der Waals surface area (Å²) in [5.41, 5.74) is 2.54. The van der Waals surface area contributed by atoms with Crippen LogP contribution in [0.1, 0.15) is 41.6 Å². The van der Waals surface area contributed by atoms with Gasteiger partial charge in [0.05, 0.1) is 5.56 Å². The highest BCUT2D eigenvalue weighted by Crippen LogP contribution is 2.49. The van der Waals surface area contributed by atoms with Crippen LogP contribution in [-0.4, -0.2) is 34.5 Å². The van der Waals surface area contributed by atoms with Crippen molar-refractivity contribution in [2.75, 3.05) is 13.1 Å². The van der Waals surface area contributed by atoms with Gasteiger partial charge in [-0.25, -0.2) is 0 Å². The second-order valence-electron chi connectivity index (χ2n) is 7.40. The third-order valence-corrected chi connectivity index (χ3v) is 6.64. The molecule has 1 aliphatic heterocycles. The van der Waals surface area contributed by atoms with Crippen LogP contribution in [0.5, 0.6) is 0 Å². The quantitative estimate of drug-likeness (QED) is 0.925. The van der Waals surface area contributed by atoms with E-state index in [0.29, 0.717) is 11.5 Å². The summed E-state index contributed by atoms with van der Waals surface area (Å²) in [6.45, 7) is 3.36. The number of carbonyl (C=O) groups is 1. The Morgan fingerprint density at radius 2 is 2.17 bits per heavy atom. The van der Waals surface area contributed by atoms with Crippen LogP contribution >= 0.6 is 11.3 Å². The maximum absolute atomic E-state index is 12.4. The summed E-state index contributed by atoms with van der Waals surface area (Å²) in [7, 11) is 1.95. The maximum atomic E-state index is 12.4. The molecule has 1 saturated carbocycles. The molecule has 1 N–H and O–H groups in total. The molecule has 1 amide bonds. The number of piperidine rings is 1. The lowest BCUT2D eigenvalue weighted by Crippen LogP contribution is -2.59. The Morgan fingerprint density at radius 3 is 2.75 bits per heavy atom. The standard InChI is InChI=1S/C19H25N3OS/c1-21-8-3-16(13-21)18(23)20-17-2-5-19(17)6-9-22(10-7-19)12-15-4-11-24-14-15/h3-4,8,11,13-14,17H,2,5-7,9-10,12H2,1H3,(H,20,23)/t17-/m1/s1. The van der Waals surface area contributed by atoms with Crippen molar-refractivity contribution in [3.8, 4) is 0 Å². The van der Waals surface area contributed by atoms with Crippen LogP contribution in [0.2, 0.25) is 0 Å². The molecule has 2 fully saturated rings. The Bertz CT molecular complexity index is 698. The SMILES string of the molecule is Cn1ccc(C(=O)N[C@@H]2CCC23CCN(Cc2ccsc2)CC3)c1. The molecule has 4 nitrogen and oxygen atoms in total. The van der Waals surface area contributed by atoms with E-state index in [1.807, 2.05) is 30.1 Å². The van der Waals surface area contributed by atoms with Crippen molar-refractivity contribution in [3.63, 3.8) is 0 Å². The number of hydrogen-bond donors (Lipinski definition) is 1. The Labute approximate surface area is 147 Å². The van der Waals surface area contributed by atoms with Gasteiger partial charge in [0.15, 0.2) is 0 Å². The average molecular weight is 343 g/mol. The van der Waals surface area contributed by atoms with E-state index >= 15 is 0 Å². The predicted octanol–water partition coefficient (Wildman–Crippen LogP) is 3.26. The topological polar surface area (TPSA) is 37.3 Å². The molecule has 1 atom stereocenters. The molecule has 24 heavy (non-hydrogen) atoms. The van der Waals surface area contributed by atoms with Gasteiger partial charge in [-0.1, -0.05) is 0 Å². The lowest BCUT2D eigenvalue weighted by molar-refractivity contribution is -0.00707. The van der Waals surface area contributed by atoms with Gasteiger partial charge in [-0.15, -0.1) is 0 Å². The first-order chi connectivity index (χ1) is 11.6. The molecule has 4 rings (SSSR count). The van der Waals surface area contributed by atoms with Crippen LogP contribution in [0.25, 0.3) is 0 Å². The highest BCUT2D eigenvalue weighted by Gasteiger charge is 2.48. The van der Waals surface area contributed by atoms with E-state index in [-0.39, 0.29) is 5.91 Å². The number of aromatic nitrogens is 1. The molecule has 5 heteroatoms. The van der Waals surface area contributed by atoms with E-state index in [1.165, 1.54) is 24.8 Å². The normalized spacial score (nSPS) is 23.1. The number of nitrogens with zero attached hydrogens (tertiary/aromatic N) is 2. The van der Waals surface area contributed by atoms with Crippen LogP contribution < -0.4 is 5.32 Å². The summed E-state index contributed by atoms with van der Waals surface area (Å²) < 4.78 is 1.92. The lowest BCUT2D eigenvalue weighted by Gasteiger charge is -2.54. The van der Waals surface area contributed by atoms with E-state index in [1.54, 1.807) is 11.3 Å². The first kappa shape index (κ1) is 15.9. The Balaban J connectivity index is 1.32. The van der Waals surface area contributed by atoms with Gasteiger partial charge in [0.1, 0.15) is 0 Å². The molecule has 0 unspecified atom stereocenters. The molecule has 1 spiro atoms. The van der Waals surface area contributed by atoms with Crippen molar-refractivity contribution in [2.45, 2.75) is 38.3 Å². The minimum atomic E-state index is 0.0837. The zero-order chi connectivity index (χ0) is 16.6. The van der Waals surface area contributed by atoms with Crippen molar-refractivity contribution in [2.24, 2.45) is 12.5 Å². The number of amides is 1. The molecule has 1 aliphatic carbocycles. The fourth-order valence-electron chi connectivity index (χ4n) is 4.20. The Kier molecular flexibility index (Phi) is 4.22. The fraction of sp³-hybridized carbons (Fsp3) is 0.526. The fourth-order valence-corrected chi connectivity index (χ4v) is 4.86. The molecule has 2 aliphatic rings. The highest BCUT2D eigenvalue weighted by molar-refractivity contribution is 7.07. The number of likely N-dealkylation sites (tertiary alicyclic amines) is 1. The van der Waals surface area contributed by atoms with E-state index in [9.17, 15) is 4.79 Å². The number of nitrogens with one attached hydrogen (secondary N) is 1. The van der Waals surface area contributed by atoms with Gasteiger partial charge in [0, 0.05) is 32.0 Å². The molecular formula is C19H25N3OS. The largest absolute Gasteiger partial charge is 0.356 e. The van der Waals surface area contributed by atoms with Gasteiger partial charge in [0.25, 0.3) is 5.91 Å². The first-order valence-electron chi connectivity index (χ1n) is 8.81. The van der Waals surface area contributed by atoms with Crippen molar-refractivity contribution >= 4 is 17.2 Å². The number of aryl methyl sites for hydroxylation is 1. The molecule has 2 aromatic rings. The number of rotatable bonds is 4. The molecule has 2 aromatic heterocycles. The van der Waals surface area contributed by atoms with Crippen LogP contribution in [0.3, 0.4) is 0 Å². The Morgan fingerprint density at radius 1 is 1.33 bits per heavy atom. The minimum absolute atomic E-state index is 0.0837. The molecule has 128 valence electrons. The minimum Gasteiger partial charge on any atom is -0.356 e. The molecule has 0 aromatic carbocycles. The van der Waals surface area contributed by atoms with Gasteiger partial charge in [0.2, 0.25) is 0 Å². The van der Waals surface area contributed by atoms with E-state index in [4.69, 9.17) is 0 Å². The van der Waals surface area contributed by atoms with Crippen molar-refractivity contribution in [1.82, 2.24) is 14.8 Å². The zero-order valence-corrected chi connectivity index (χ0v) is 15.0. The highest BCUT2D eigenvalue weighted by atomic mass is 32.1. The summed E-state index contributed by atoms with van der Waals surface area (Å²) in [5, 5.41) is 7.70. The zero-order valence-electron chi connectivity index (χ0n) is 14.2. The number of hydrogen-bond acceptors (Lipinski definition) is 3. The third-order valence-electron chi connectivity index (χ3n) is 5.91. The van der Waals surface area contributed by atoms with Crippen molar-refractivity contribution in [3.05, 3.63) is 46.4 Å². The van der Waals surface area contributed by atoms with E-state index in [2.05, 4.69) is 27.0 Å².